The molecule has 18 nitrogen and oxygen atoms in total. The van der Waals surface area contributed by atoms with E-state index in [1.54, 1.807) is 0 Å². The van der Waals surface area contributed by atoms with Crippen LogP contribution in [0.3, 0.4) is 0 Å². The van der Waals surface area contributed by atoms with E-state index in [-0.39, 0.29) is 23.0 Å². The van der Waals surface area contributed by atoms with Crippen molar-refractivity contribution in [3.8, 4) is 0 Å². The highest BCUT2D eigenvalue weighted by molar-refractivity contribution is 5.15. The minimum Gasteiger partial charge on any atom is -0.394 e. The summed E-state index contributed by atoms with van der Waals surface area (Å²) in [6.45, 7) is 8.24. The summed E-state index contributed by atoms with van der Waals surface area (Å²) in [6, 6.07) is 0. The summed E-state index contributed by atoms with van der Waals surface area (Å²) >= 11 is 0. The summed E-state index contributed by atoms with van der Waals surface area (Å²) < 4.78 is 49.8. The van der Waals surface area contributed by atoms with Crippen molar-refractivity contribution in [1.29, 1.82) is 0 Å². The van der Waals surface area contributed by atoms with E-state index in [4.69, 9.17) is 37.9 Å². The molecule has 362 valence electrons. The number of ether oxygens (including phenoxy) is 8. The van der Waals surface area contributed by atoms with Crippen LogP contribution in [0.25, 0.3) is 0 Å². The first-order chi connectivity index (χ1) is 30.0. The van der Waals surface area contributed by atoms with Gasteiger partial charge in [-0.05, 0) is 104 Å². The molecule has 0 aromatic rings. The van der Waals surface area contributed by atoms with Crippen molar-refractivity contribution in [1.82, 2.24) is 0 Å². The van der Waals surface area contributed by atoms with E-state index in [1.807, 2.05) is 0 Å². The van der Waals surface area contributed by atoms with E-state index in [0.717, 1.165) is 51.6 Å². The molecule has 9 aliphatic rings. The standard InChI is InChI=1S/C45H74O18/c1-19-7-12-45(56-18-19)20(2)30-26(63-45)14-25-23-6-5-21-13-22(8-10-43(21,3)24(23)9-11-44(25,30)4)57-42-39(62-41-36(54)34(52)32(50)28(16-47)59-41)37(55)38(29(17-48)60-42)61-40-35(53)33(51)31(49)27(15-46)58-40/h19-42,46-55H,5-18H2,1-4H3/t19-,20-,21+,22-,23+,24-,25-,26-,27?,28?,29?,30-,31?,32?,33?,34?,35?,36?,37?,38?,39?,40?,41?,42?,43-,44-,45+/m0/s1. The Morgan fingerprint density at radius 2 is 1.16 bits per heavy atom. The maximum Gasteiger partial charge on any atom is 0.187 e. The molecule has 63 heavy (non-hydrogen) atoms. The number of rotatable bonds is 9. The number of aliphatic hydroxyl groups is 10. The van der Waals surface area contributed by atoms with Crippen LogP contribution < -0.4 is 0 Å². The lowest BCUT2D eigenvalue weighted by Gasteiger charge is -2.61. The van der Waals surface area contributed by atoms with Crippen molar-refractivity contribution in [3.05, 3.63) is 0 Å². The molecule has 4 saturated carbocycles. The van der Waals surface area contributed by atoms with Gasteiger partial charge in [0.15, 0.2) is 24.7 Å². The zero-order chi connectivity index (χ0) is 44.9. The molecular weight excluding hydrogens is 828 g/mol. The van der Waals surface area contributed by atoms with Crippen LogP contribution in [0.15, 0.2) is 0 Å². The Morgan fingerprint density at radius 3 is 1.76 bits per heavy atom. The van der Waals surface area contributed by atoms with Gasteiger partial charge in [-0.1, -0.05) is 27.7 Å². The highest BCUT2D eigenvalue weighted by Gasteiger charge is 2.69. The summed E-state index contributed by atoms with van der Waals surface area (Å²) in [5, 5.41) is 106. The molecule has 5 heterocycles. The van der Waals surface area contributed by atoms with Crippen LogP contribution in [0.5, 0.6) is 0 Å². The highest BCUT2D eigenvalue weighted by atomic mass is 16.8. The Balaban J connectivity index is 0.904. The van der Waals surface area contributed by atoms with Crippen molar-refractivity contribution in [2.24, 2.45) is 52.3 Å². The average molecular weight is 903 g/mol. The fourth-order valence-electron chi connectivity index (χ4n) is 14.7. The van der Waals surface area contributed by atoms with Crippen molar-refractivity contribution in [2.45, 2.75) is 202 Å². The Morgan fingerprint density at radius 1 is 0.556 bits per heavy atom. The summed E-state index contributed by atoms with van der Waals surface area (Å²) in [5.41, 5.74) is 0.280. The maximum atomic E-state index is 12.0. The largest absolute Gasteiger partial charge is 0.394 e. The molecule has 0 aromatic carbocycles. The fourth-order valence-corrected chi connectivity index (χ4v) is 14.7. The fraction of sp³-hybridized carbons (Fsp3) is 1.00. The molecule has 10 N–H and O–H groups in total. The quantitative estimate of drug-likeness (QED) is 0.128. The van der Waals surface area contributed by atoms with Gasteiger partial charge in [0.1, 0.15) is 73.2 Å². The van der Waals surface area contributed by atoms with E-state index in [2.05, 4.69) is 27.7 Å². The Labute approximate surface area is 369 Å². The van der Waals surface area contributed by atoms with Gasteiger partial charge in [0.2, 0.25) is 0 Å². The average Bonchev–Trinajstić information content (AvgIpc) is 3.72. The molecule has 9 fully saturated rings. The summed E-state index contributed by atoms with van der Waals surface area (Å²) in [4.78, 5) is 0. The van der Waals surface area contributed by atoms with Crippen molar-refractivity contribution in [3.63, 3.8) is 0 Å². The minimum absolute atomic E-state index is 0.0786. The Hall–Kier alpha value is -0.720. The molecule has 0 radical (unpaired) electrons. The van der Waals surface area contributed by atoms with E-state index >= 15 is 0 Å². The van der Waals surface area contributed by atoms with Crippen LogP contribution in [0.2, 0.25) is 0 Å². The molecule has 27 atom stereocenters. The first-order valence-corrected chi connectivity index (χ1v) is 23.8. The second kappa shape index (κ2) is 18.0. The molecule has 9 rings (SSSR count). The van der Waals surface area contributed by atoms with Crippen molar-refractivity contribution >= 4 is 0 Å². The van der Waals surface area contributed by atoms with Crippen LogP contribution >= 0.6 is 0 Å². The van der Waals surface area contributed by atoms with Gasteiger partial charge in [0, 0.05) is 12.3 Å². The first kappa shape index (κ1) is 47.4. The highest BCUT2D eigenvalue weighted by Crippen LogP contribution is 2.71. The predicted octanol–water partition coefficient (Wildman–Crippen LogP) is -0.734. The van der Waals surface area contributed by atoms with Gasteiger partial charge < -0.3 is 89.0 Å². The number of aliphatic hydroxyl groups excluding tert-OH is 10. The van der Waals surface area contributed by atoms with Crippen molar-refractivity contribution < 1.29 is 89.0 Å². The van der Waals surface area contributed by atoms with Gasteiger partial charge in [-0.25, -0.2) is 0 Å². The second-order valence-corrected chi connectivity index (χ2v) is 21.5. The monoisotopic (exact) mass is 902 g/mol. The first-order valence-electron chi connectivity index (χ1n) is 23.8. The normalized spacial score (nSPS) is 58.2. The zero-order valence-electron chi connectivity index (χ0n) is 37.0. The van der Waals surface area contributed by atoms with E-state index < -0.39 is 118 Å². The van der Waals surface area contributed by atoms with Gasteiger partial charge >= 0.3 is 0 Å². The Kier molecular flexibility index (Phi) is 13.5. The molecule has 15 unspecified atom stereocenters. The third kappa shape index (κ3) is 7.88. The summed E-state index contributed by atoms with van der Waals surface area (Å²) in [6.07, 6.45) is -14.4. The smallest absolute Gasteiger partial charge is 0.187 e. The number of hydrogen-bond acceptors (Lipinski definition) is 18. The summed E-state index contributed by atoms with van der Waals surface area (Å²) in [7, 11) is 0. The van der Waals surface area contributed by atoms with Crippen LogP contribution in [0.4, 0.5) is 0 Å². The molecule has 1 spiro atoms. The SMILES string of the molecule is C[C@H]1CC[C@@]2(OC1)O[C@H]1C[C@H]3[C@@H]4CC[C@@H]5C[C@@H](OC6OC(CO)C(OC7OC(CO)C(O)C(O)C7O)C(O)C6OC6OC(CO)C(O)C(O)C6O)CC[C@]5(C)[C@H]4CC[C@]3(C)[C@H]1[C@@H]2C. The van der Waals surface area contributed by atoms with Gasteiger partial charge in [-0.15, -0.1) is 0 Å². The third-order valence-electron chi connectivity index (χ3n) is 18.3. The van der Waals surface area contributed by atoms with Crippen LogP contribution in [-0.4, -0.2) is 188 Å². The molecule has 5 saturated heterocycles. The van der Waals surface area contributed by atoms with Gasteiger partial charge in [0.25, 0.3) is 0 Å². The number of fused-ring (bicyclic) bond motifs is 7. The molecule has 0 aromatic heterocycles. The van der Waals surface area contributed by atoms with E-state index in [9.17, 15) is 51.1 Å². The minimum atomic E-state index is -1.84. The molecule has 5 aliphatic heterocycles. The van der Waals surface area contributed by atoms with Crippen LogP contribution in [-0.2, 0) is 37.9 Å². The molecule has 0 bridgehead atoms. The lowest BCUT2D eigenvalue weighted by Crippen LogP contribution is -2.67. The third-order valence-corrected chi connectivity index (χ3v) is 18.3. The molecule has 0 amide bonds. The van der Waals surface area contributed by atoms with E-state index in [0.29, 0.717) is 54.3 Å². The van der Waals surface area contributed by atoms with Gasteiger partial charge in [0.05, 0.1) is 38.6 Å². The lowest BCUT2D eigenvalue weighted by atomic mass is 9.44. The molecular formula is C45H74O18. The Bertz CT molecular complexity index is 1570. The van der Waals surface area contributed by atoms with Gasteiger partial charge in [-0.2, -0.15) is 0 Å². The van der Waals surface area contributed by atoms with Crippen LogP contribution in [0.1, 0.15) is 91.9 Å². The van der Waals surface area contributed by atoms with E-state index in [1.165, 1.54) is 6.42 Å². The second-order valence-electron chi connectivity index (χ2n) is 21.5. The number of hydrogen-bond donors (Lipinski definition) is 10. The van der Waals surface area contributed by atoms with Crippen molar-refractivity contribution in [2.75, 3.05) is 26.4 Å². The molecule has 18 heteroatoms. The van der Waals surface area contributed by atoms with Crippen LogP contribution in [0, 0.1) is 52.3 Å². The maximum absolute atomic E-state index is 12.0. The molecule has 4 aliphatic carbocycles. The topological polar surface area (TPSA) is 276 Å². The predicted molar refractivity (Wildman–Crippen MR) is 216 cm³/mol. The lowest BCUT2D eigenvalue weighted by molar-refractivity contribution is -0.391. The zero-order valence-corrected chi connectivity index (χ0v) is 37.0. The summed E-state index contributed by atoms with van der Waals surface area (Å²) in [5.74, 6) is 3.05. The van der Waals surface area contributed by atoms with Gasteiger partial charge in [-0.3, -0.25) is 0 Å².